The SMILES string of the molecule is O=S(=O)(c1ccc(F)cc1)C1CCCN(S(=O)(=O)CCCOc2ccccc2)C1. The fourth-order valence-corrected chi connectivity index (χ4v) is 6.71. The maximum Gasteiger partial charge on any atom is 0.214 e. The molecule has 1 atom stereocenters. The first kappa shape index (κ1) is 21.7. The Morgan fingerprint density at radius 2 is 1.69 bits per heavy atom. The topological polar surface area (TPSA) is 80.8 Å². The maximum atomic E-state index is 13.1. The summed E-state index contributed by atoms with van der Waals surface area (Å²) < 4.78 is 70.9. The predicted molar refractivity (Wildman–Crippen MR) is 109 cm³/mol. The number of ether oxygens (including phenoxy) is 1. The third kappa shape index (κ3) is 5.55. The van der Waals surface area contributed by atoms with Gasteiger partial charge in [0, 0.05) is 13.1 Å². The van der Waals surface area contributed by atoms with E-state index in [-0.39, 0.29) is 23.8 Å². The number of piperidine rings is 1. The normalized spacial score (nSPS) is 18.4. The molecule has 29 heavy (non-hydrogen) atoms. The molecule has 6 nitrogen and oxygen atoms in total. The number of rotatable bonds is 8. The van der Waals surface area contributed by atoms with Gasteiger partial charge in [0.1, 0.15) is 11.6 Å². The van der Waals surface area contributed by atoms with Crippen LogP contribution >= 0.6 is 0 Å². The Labute approximate surface area is 171 Å². The summed E-state index contributed by atoms with van der Waals surface area (Å²) >= 11 is 0. The Morgan fingerprint density at radius 1 is 1.00 bits per heavy atom. The number of hydrogen-bond donors (Lipinski definition) is 0. The highest BCUT2D eigenvalue weighted by Gasteiger charge is 2.36. The van der Waals surface area contributed by atoms with Crippen LogP contribution in [-0.2, 0) is 19.9 Å². The molecular formula is C20H24FNO5S2. The monoisotopic (exact) mass is 441 g/mol. The summed E-state index contributed by atoms with van der Waals surface area (Å²) in [4.78, 5) is 0.0133. The van der Waals surface area contributed by atoms with Gasteiger partial charge in [-0.15, -0.1) is 0 Å². The molecule has 0 aromatic heterocycles. The standard InChI is InChI=1S/C20H24FNO5S2/c21-17-9-11-19(12-10-17)29(25,26)20-8-4-13-22(16-20)28(23,24)15-5-14-27-18-6-2-1-3-7-18/h1-3,6-7,9-12,20H,4-5,8,13-16H2. The van der Waals surface area contributed by atoms with Gasteiger partial charge in [0.2, 0.25) is 10.0 Å². The summed E-state index contributed by atoms with van der Waals surface area (Å²) in [7, 11) is -7.32. The summed E-state index contributed by atoms with van der Waals surface area (Å²) in [5, 5.41) is -0.836. The van der Waals surface area contributed by atoms with E-state index in [0.717, 1.165) is 12.1 Å². The molecule has 0 spiro atoms. The molecule has 9 heteroatoms. The van der Waals surface area contributed by atoms with Crippen molar-refractivity contribution in [3.8, 4) is 5.75 Å². The fourth-order valence-electron chi connectivity index (χ4n) is 3.30. The van der Waals surface area contributed by atoms with Crippen LogP contribution in [0.15, 0.2) is 59.5 Å². The van der Waals surface area contributed by atoms with Gasteiger partial charge in [-0.2, -0.15) is 0 Å². The van der Waals surface area contributed by atoms with Crippen molar-refractivity contribution in [2.75, 3.05) is 25.4 Å². The van der Waals surface area contributed by atoms with E-state index >= 15 is 0 Å². The Morgan fingerprint density at radius 3 is 2.38 bits per heavy atom. The zero-order valence-electron chi connectivity index (χ0n) is 15.9. The predicted octanol–water partition coefficient (Wildman–Crippen LogP) is 2.86. The molecule has 0 aliphatic carbocycles. The summed E-state index contributed by atoms with van der Waals surface area (Å²) in [6, 6.07) is 13.8. The van der Waals surface area contributed by atoms with Crippen molar-refractivity contribution >= 4 is 19.9 Å². The van der Waals surface area contributed by atoms with Gasteiger partial charge in [-0.1, -0.05) is 18.2 Å². The molecule has 2 aromatic carbocycles. The van der Waals surface area contributed by atoms with Gasteiger partial charge >= 0.3 is 0 Å². The van der Waals surface area contributed by atoms with Gasteiger partial charge in [0.25, 0.3) is 0 Å². The van der Waals surface area contributed by atoms with Crippen LogP contribution in [-0.4, -0.2) is 51.8 Å². The van der Waals surface area contributed by atoms with E-state index < -0.39 is 30.9 Å². The third-order valence-corrected chi connectivity index (χ3v) is 8.99. The van der Waals surface area contributed by atoms with E-state index in [9.17, 15) is 21.2 Å². The quantitative estimate of drug-likeness (QED) is 0.465. The molecule has 1 saturated heterocycles. The number of para-hydroxylation sites is 1. The van der Waals surface area contributed by atoms with Gasteiger partial charge in [-0.25, -0.2) is 25.5 Å². The molecule has 0 saturated carbocycles. The summed E-state index contributed by atoms with van der Waals surface area (Å²) in [5.74, 6) is 0.0474. The highest BCUT2D eigenvalue weighted by molar-refractivity contribution is 7.92. The van der Waals surface area contributed by atoms with Gasteiger partial charge in [0.05, 0.1) is 22.5 Å². The lowest BCUT2D eigenvalue weighted by Crippen LogP contribution is -2.46. The lowest BCUT2D eigenvalue weighted by atomic mass is 10.2. The lowest BCUT2D eigenvalue weighted by molar-refractivity contribution is 0.312. The highest BCUT2D eigenvalue weighted by Crippen LogP contribution is 2.25. The first-order valence-electron chi connectivity index (χ1n) is 9.44. The summed E-state index contributed by atoms with van der Waals surface area (Å²) in [6.07, 6.45) is 1.15. The molecule has 0 N–H and O–H groups in total. The van der Waals surface area contributed by atoms with E-state index in [4.69, 9.17) is 4.74 Å². The van der Waals surface area contributed by atoms with Crippen LogP contribution < -0.4 is 4.74 Å². The van der Waals surface area contributed by atoms with Crippen LogP contribution in [0.4, 0.5) is 4.39 Å². The van der Waals surface area contributed by atoms with E-state index in [1.807, 2.05) is 18.2 Å². The van der Waals surface area contributed by atoms with Crippen molar-refractivity contribution in [3.63, 3.8) is 0 Å². The van der Waals surface area contributed by atoms with Crippen molar-refractivity contribution in [3.05, 3.63) is 60.4 Å². The second-order valence-corrected chi connectivity index (χ2v) is 11.3. The number of halogens is 1. The lowest BCUT2D eigenvalue weighted by Gasteiger charge is -2.31. The van der Waals surface area contributed by atoms with Crippen molar-refractivity contribution in [1.82, 2.24) is 4.31 Å². The number of benzene rings is 2. The molecular weight excluding hydrogens is 417 g/mol. The second-order valence-electron chi connectivity index (χ2n) is 6.95. The van der Waals surface area contributed by atoms with E-state index in [1.54, 1.807) is 12.1 Å². The average Bonchev–Trinajstić information content (AvgIpc) is 2.72. The molecule has 1 unspecified atom stereocenters. The minimum Gasteiger partial charge on any atom is -0.494 e. The van der Waals surface area contributed by atoms with Gasteiger partial charge in [-0.3, -0.25) is 0 Å². The number of sulfone groups is 1. The minimum absolute atomic E-state index is 0.0133. The zero-order valence-corrected chi connectivity index (χ0v) is 17.5. The van der Waals surface area contributed by atoms with Gasteiger partial charge in [0.15, 0.2) is 9.84 Å². The Hall–Kier alpha value is -1.97. The largest absolute Gasteiger partial charge is 0.494 e. The van der Waals surface area contributed by atoms with Crippen LogP contribution in [0.25, 0.3) is 0 Å². The van der Waals surface area contributed by atoms with Crippen molar-refractivity contribution in [1.29, 1.82) is 0 Å². The first-order chi connectivity index (χ1) is 13.8. The number of sulfonamides is 1. The van der Waals surface area contributed by atoms with Crippen LogP contribution in [0.1, 0.15) is 19.3 Å². The third-order valence-electron chi connectivity index (χ3n) is 4.87. The molecule has 0 radical (unpaired) electrons. The molecule has 158 valence electrons. The van der Waals surface area contributed by atoms with E-state index in [2.05, 4.69) is 0 Å². The second kappa shape index (κ2) is 9.23. The molecule has 0 bridgehead atoms. The zero-order chi connectivity index (χ0) is 20.9. The summed E-state index contributed by atoms with van der Waals surface area (Å²) in [5.41, 5.74) is 0. The van der Waals surface area contributed by atoms with E-state index in [1.165, 1.54) is 16.4 Å². The van der Waals surface area contributed by atoms with Gasteiger partial charge in [-0.05, 0) is 55.7 Å². The Bertz CT molecular complexity index is 1010. The van der Waals surface area contributed by atoms with Crippen LogP contribution in [0.5, 0.6) is 5.75 Å². The van der Waals surface area contributed by atoms with Crippen LogP contribution in [0.2, 0.25) is 0 Å². The van der Waals surface area contributed by atoms with Crippen LogP contribution in [0, 0.1) is 5.82 Å². The van der Waals surface area contributed by atoms with Crippen LogP contribution in [0.3, 0.4) is 0 Å². The van der Waals surface area contributed by atoms with Crippen molar-refractivity contribution in [2.24, 2.45) is 0 Å². The summed E-state index contributed by atoms with van der Waals surface area (Å²) in [6.45, 7) is 0.479. The highest BCUT2D eigenvalue weighted by atomic mass is 32.2. The number of hydrogen-bond acceptors (Lipinski definition) is 5. The first-order valence-corrected chi connectivity index (χ1v) is 12.6. The molecule has 1 aliphatic heterocycles. The van der Waals surface area contributed by atoms with Gasteiger partial charge < -0.3 is 4.74 Å². The molecule has 1 aliphatic rings. The minimum atomic E-state index is -3.73. The molecule has 3 rings (SSSR count). The Balaban J connectivity index is 1.59. The smallest absolute Gasteiger partial charge is 0.214 e. The van der Waals surface area contributed by atoms with Crippen molar-refractivity contribution in [2.45, 2.75) is 29.4 Å². The molecule has 2 aromatic rings. The Kier molecular flexibility index (Phi) is 6.92. The van der Waals surface area contributed by atoms with Crippen molar-refractivity contribution < 1.29 is 26.0 Å². The number of nitrogens with zero attached hydrogens (tertiary/aromatic N) is 1. The molecule has 1 fully saturated rings. The molecule has 0 amide bonds. The molecule has 1 heterocycles. The van der Waals surface area contributed by atoms with E-state index in [0.29, 0.717) is 31.6 Å². The average molecular weight is 442 g/mol. The maximum absolute atomic E-state index is 13.1. The fraction of sp³-hybridized carbons (Fsp3) is 0.400.